The van der Waals surface area contributed by atoms with E-state index in [9.17, 15) is 0 Å². The molecule has 0 aliphatic rings. The molecule has 0 saturated heterocycles. The van der Waals surface area contributed by atoms with Crippen molar-refractivity contribution in [2.75, 3.05) is 0 Å². The van der Waals surface area contributed by atoms with Gasteiger partial charge in [0.2, 0.25) is 0 Å². The first-order valence-electron chi connectivity index (χ1n) is 6.87. The van der Waals surface area contributed by atoms with Crippen LogP contribution in [0.25, 0.3) is 0 Å². The van der Waals surface area contributed by atoms with E-state index in [0.717, 1.165) is 6.42 Å². The lowest BCUT2D eigenvalue weighted by Crippen LogP contribution is -2.02. The van der Waals surface area contributed by atoms with E-state index < -0.39 is 0 Å². The van der Waals surface area contributed by atoms with Gasteiger partial charge in [0.15, 0.2) is 0 Å². The largest absolute Gasteiger partial charge is 0.326 e. The van der Waals surface area contributed by atoms with E-state index in [1.165, 1.54) is 38.9 Å². The van der Waals surface area contributed by atoms with Gasteiger partial charge in [0, 0.05) is 6.54 Å². The molecule has 100 valence electrons. The van der Waals surface area contributed by atoms with Crippen LogP contribution < -0.4 is 5.73 Å². The highest BCUT2D eigenvalue weighted by Crippen LogP contribution is 2.24. The summed E-state index contributed by atoms with van der Waals surface area (Å²) in [5, 5.41) is 0. The molecule has 0 bridgehead atoms. The van der Waals surface area contributed by atoms with Gasteiger partial charge in [-0.2, -0.15) is 0 Å². The Bertz CT molecular complexity index is 571. The normalized spacial score (nSPS) is 10.8. The van der Waals surface area contributed by atoms with Crippen LogP contribution >= 0.6 is 0 Å². The quantitative estimate of drug-likeness (QED) is 0.880. The third-order valence-corrected chi connectivity index (χ3v) is 4.13. The second-order valence-electron chi connectivity index (χ2n) is 5.44. The Morgan fingerprint density at radius 1 is 0.842 bits per heavy atom. The molecule has 0 atom stereocenters. The number of nitrogens with two attached hydrogens (primary N) is 1. The smallest absolute Gasteiger partial charge is 0.0178 e. The van der Waals surface area contributed by atoms with Crippen molar-refractivity contribution in [2.24, 2.45) is 5.73 Å². The maximum atomic E-state index is 5.72. The summed E-state index contributed by atoms with van der Waals surface area (Å²) < 4.78 is 0. The fourth-order valence-corrected chi connectivity index (χ4v) is 2.63. The van der Waals surface area contributed by atoms with Gasteiger partial charge in [0.1, 0.15) is 0 Å². The highest BCUT2D eigenvalue weighted by molar-refractivity contribution is 5.46. The zero-order valence-corrected chi connectivity index (χ0v) is 12.4. The Morgan fingerprint density at radius 3 is 2.00 bits per heavy atom. The van der Waals surface area contributed by atoms with Gasteiger partial charge in [-0.05, 0) is 73.1 Å². The molecule has 0 saturated carbocycles. The predicted octanol–water partition coefficient (Wildman–Crippen LogP) is 3.97. The molecule has 2 N–H and O–H groups in total. The Labute approximate surface area is 116 Å². The Hall–Kier alpha value is -1.60. The topological polar surface area (TPSA) is 26.0 Å². The minimum Gasteiger partial charge on any atom is -0.326 e. The summed E-state index contributed by atoms with van der Waals surface area (Å²) in [5.74, 6) is 0. The van der Waals surface area contributed by atoms with Gasteiger partial charge >= 0.3 is 0 Å². The second-order valence-corrected chi connectivity index (χ2v) is 5.44. The van der Waals surface area contributed by atoms with Crippen molar-refractivity contribution in [2.45, 2.75) is 40.7 Å². The number of benzene rings is 2. The molecular weight excluding hydrogens is 230 g/mol. The monoisotopic (exact) mass is 253 g/mol. The molecule has 0 aliphatic carbocycles. The van der Waals surface area contributed by atoms with Gasteiger partial charge in [-0.25, -0.2) is 0 Å². The molecule has 0 fully saturated rings. The van der Waals surface area contributed by atoms with Crippen LogP contribution in [0, 0.1) is 27.7 Å². The molecule has 2 aromatic rings. The third kappa shape index (κ3) is 2.87. The van der Waals surface area contributed by atoms with Crippen LogP contribution in [0.1, 0.15) is 38.9 Å². The van der Waals surface area contributed by atoms with Crippen molar-refractivity contribution < 1.29 is 0 Å². The zero-order valence-electron chi connectivity index (χ0n) is 12.4. The summed E-state index contributed by atoms with van der Waals surface area (Å²) in [4.78, 5) is 0. The summed E-state index contributed by atoms with van der Waals surface area (Å²) in [6.45, 7) is 9.45. The van der Waals surface area contributed by atoms with E-state index in [4.69, 9.17) is 5.73 Å². The molecule has 0 amide bonds. The maximum absolute atomic E-state index is 5.72. The molecule has 0 heterocycles. The zero-order chi connectivity index (χ0) is 14.0. The van der Waals surface area contributed by atoms with Crippen LogP contribution in [-0.4, -0.2) is 0 Å². The molecule has 0 aliphatic heterocycles. The molecular formula is C18H23N. The fraction of sp³-hybridized carbons (Fsp3) is 0.333. The number of hydrogen-bond donors (Lipinski definition) is 1. The lowest BCUT2D eigenvalue weighted by Gasteiger charge is -2.15. The van der Waals surface area contributed by atoms with Crippen LogP contribution in [0.4, 0.5) is 0 Å². The molecule has 19 heavy (non-hydrogen) atoms. The molecule has 0 spiro atoms. The Kier molecular flexibility index (Phi) is 4.06. The lowest BCUT2D eigenvalue weighted by molar-refractivity contribution is 1.04. The van der Waals surface area contributed by atoms with Crippen LogP contribution in [-0.2, 0) is 13.0 Å². The molecule has 0 radical (unpaired) electrons. The van der Waals surface area contributed by atoms with Crippen LogP contribution in [0.3, 0.4) is 0 Å². The summed E-state index contributed by atoms with van der Waals surface area (Å²) in [6.07, 6.45) is 0.994. The molecule has 2 rings (SSSR count). The van der Waals surface area contributed by atoms with E-state index in [2.05, 4.69) is 58.0 Å². The highest BCUT2D eigenvalue weighted by Gasteiger charge is 2.09. The van der Waals surface area contributed by atoms with Gasteiger partial charge in [-0.1, -0.05) is 30.3 Å². The van der Waals surface area contributed by atoms with Crippen molar-refractivity contribution in [1.82, 2.24) is 0 Å². The highest BCUT2D eigenvalue weighted by atomic mass is 14.5. The van der Waals surface area contributed by atoms with Crippen LogP contribution in [0.15, 0.2) is 30.3 Å². The minimum absolute atomic E-state index is 0.610. The van der Waals surface area contributed by atoms with Crippen molar-refractivity contribution in [3.05, 3.63) is 69.3 Å². The maximum Gasteiger partial charge on any atom is 0.0178 e. The SMILES string of the molecule is Cc1cc(C)c(C)c(Cc2cccc(CN)c2)c1C. The molecule has 2 aromatic carbocycles. The summed E-state index contributed by atoms with van der Waals surface area (Å²) >= 11 is 0. The molecule has 1 nitrogen and oxygen atoms in total. The van der Waals surface area contributed by atoms with E-state index >= 15 is 0 Å². The Morgan fingerprint density at radius 2 is 1.42 bits per heavy atom. The van der Waals surface area contributed by atoms with Gasteiger partial charge in [0.25, 0.3) is 0 Å². The Balaban J connectivity index is 2.43. The average molecular weight is 253 g/mol. The minimum atomic E-state index is 0.610. The van der Waals surface area contributed by atoms with Crippen LogP contribution in [0.5, 0.6) is 0 Å². The predicted molar refractivity (Wildman–Crippen MR) is 82.5 cm³/mol. The van der Waals surface area contributed by atoms with E-state index in [0.29, 0.717) is 6.54 Å². The van der Waals surface area contributed by atoms with Gasteiger partial charge in [-0.15, -0.1) is 0 Å². The second kappa shape index (κ2) is 5.58. The molecule has 0 unspecified atom stereocenters. The van der Waals surface area contributed by atoms with Gasteiger partial charge < -0.3 is 5.73 Å². The molecule has 0 aromatic heterocycles. The number of aryl methyl sites for hydroxylation is 2. The van der Waals surface area contributed by atoms with Crippen LogP contribution in [0.2, 0.25) is 0 Å². The van der Waals surface area contributed by atoms with E-state index in [-0.39, 0.29) is 0 Å². The number of rotatable bonds is 3. The van der Waals surface area contributed by atoms with E-state index in [1.54, 1.807) is 0 Å². The van der Waals surface area contributed by atoms with Gasteiger partial charge in [-0.3, -0.25) is 0 Å². The average Bonchev–Trinajstić information content (AvgIpc) is 2.41. The van der Waals surface area contributed by atoms with Crippen molar-refractivity contribution in [1.29, 1.82) is 0 Å². The van der Waals surface area contributed by atoms with Gasteiger partial charge in [0.05, 0.1) is 0 Å². The van der Waals surface area contributed by atoms with E-state index in [1.807, 2.05) is 0 Å². The van der Waals surface area contributed by atoms with Crippen molar-refractivity contribution in [3.63, 3.8) is 0 Å². The first-order valence-corrected chi connectivity index (χ1v) is 6.87. The van der Waals surface area contributed by atoms with Crippen molar-refractivity contribution >= 4 is 0 Å². The summed E-state index contributed by atoms with van der Waals surface area (Å²) in [7, 11) is 0. The number of hydrogen-bond acceptors (Lipinski definition) is 1. The fourth-order valence-electron chi connectivity index (χ4n) is 2.63. The summed E-state index contributed by atoms with van der Waals surface area (Å²) in [5.41, 5.74) is 15.3. The first-order chi connectivity index (χ1) is 9.02. The first kappa shape index (κ1) is 13.8. The summed E-state index contributed by atoms with van der Waals surface area (Å²) in [6, 6.07) is 10.9. The third-order valence-electron chi connectivity index (χ3n) is 4.13. The molecule has 1 heteroatoms. The van der Waals surface area contributed by atoms with Crippen molar-refractivity contribution in [3.8, 4) is 0 Å². The standard InChI is InChI=1S/C18H23N/c1-12-8-13(2)15(4)18(14(12)3)10-16-6-5-7-17(9-16)11-19/h5-9H,10-11,19H2,1-4H3. The lowest BCUT2D eigenvalue weighted by atomic mass is 9.90.